The van der Waals surface area contributed by atoms with Gasteiger partial charge in [0, 0.05) is 12.1 Å². The number of ketones is 1. The number of carbonyl (C=O) groups is 2. The van der Waals surface area contributed by atoms with Crippen LogP contribution in [-0.4, -0.2) is 40.0 Å². The summed E-state index contributed by atoms with van der Waals surface area (Å²) < 4.78 is 5.55. The van der Waals surface area contributed by atoms with Gasteiger partial charge in [-0.15, -0.1) is 0 Å². The highest BCUT2D eigenvalue weighted by Gasteiger charge is 2.45. The Kier molecular flexibility index (Phi) is 6.45. The number of aliphatic hydroxyl groups is 1. The molecule has 6 nitrogen and oxygen atoms in total. The Bertz CT molecular complexity index is 995. The number of carbonyl (C=O) groups excluding carboxylic acids is 2. The van der Waals surface area contributed by atoms with E-state index in [2.05, 4.69) is 0 Å². The van der Waals surface area contributed by atoms with Crippen molar-refractivity contribution in [1.82, 2.24) is 4.90 Å². The molecule has 1 aliphatic rings. The number of Topliss-reactive ketones (excluding diaryl/α,β-unsaturated/α-hetero) is 1. The van der Waals surface area contributed by atoms with Gasteiger partial charge in [-0.25, -0.2) is 0 Å². The smallest absolute Gasteiger partial charge is 0.295 e. The summed E-state index contributed by atoms with van der Waals surface area (Å²) in [5, 5.41) is 21.0. The quantitative estimate of drug-likeness (QED) is 0.404. The van der Waals surface area contributed by atoms with Crippen molar-refractivity contribution in [3.63, 3.8) is 0 Å². The first-order valence-electron chi connectivity index (χ1n) is 10.2. The third-order valence-corrected chi connectivity index (χ3v) is 5.23. The molecule has 1 aliphatic heterocycles. The van der Waals surface area contributed by atoms with Crippen molar-refractivity contribution in [1.29, 1.82) is 0 Å². The number of unbranched alkanes of at least 4 members (excludes halogenated alkanes) is 1. The summed E-state index contributed by atoms with van der Waals surface area (Å²) in [5.74, 6) is -0.858. The minimum absolute atomic E-state index is 0.0327. The summed E-state index contributed by atoms with van der Waals surface area (Å²) in [6.45, 7) is 6.66. The maximum Gasteiger partial charge on any atom is 0.295 e. The normalized spacial score (nSPS) is 18.1. The maximum absolute atomic E-state index is 12.9. The molecule has 1 atom stereocenters. The number of aliphatic hydroxyl groups excluding tert-OH is 1. The molecule has 0 bridgehead atoms. The third kappa shape index (κ3) is 4.03. The molecule has 0 spiro atoms. The minimum Gasteiger partial charge on any atom is -0.508 e. The third-order valence-electron chi connectivity index (χ3n) is 5.23. The monoisotopic (exact) mass is 409 g/mol. The number of rotatable bonds is 7. The molecule has 2 aromatic rings. The van der Waals surface area contributed by atoms with E-state index in [0.29, 0.717) is 30.0 Å². The Morgan fingerprint density at radius 2 is 1.90 bits per heavy atom. The largest absolute Gasteiger partial charge is 0.508 e. The van der Waals surface area contributed by atoms with Crippen LogP contribution >= 0.6 is 0 Å². The molecule has 0 radical (unpaired) electrons. The van der Waals surface area contributed by atoms with Gasteiger partial charge in [0.1, 0.15) is 17.3 Å². The highest BCUT2D eigenvalue weighted by atomic mass is 16.5. The molecular weight excluding hydrogens is 382 g/mol. The summed E-state index contributed by atoms with van der Waals surface area (Å²) in [7, 11) is 0. The molecule has 1 amide bonds. The molecule has 158 valence electrons. The summed E-state index contributed by atoms with van der Waals surface area (Å²) in [4.78, 5) is 27.2. The lowest BCUT2D eigenvalue weighted by Gasteiger charge is -2.25. The SMILES string of the molecule is CCCCN1C(=O)C(=O)/C(=C(\O)c2ccc(OCC)c(C)c2)C1c1cccc(O)c1. The molecule has 2 aromatic carbocycles. The fraction of sp³-hybridized carbons (Fsp3) is 0.333. The number of amides is 1. The Hall–Kier alpha value is -3.28. The Morgan fingerprint density at radius 1 is 1.13 bits per heavy atom. The molecule has 6 heteroatoms. The van der Waals surface area contributed by atoms with Crippen LogP contribution in [0.4, 0.5) is 0 Å². The fourth-order valence-corrected chi connectivity index (χ4v) is 3.75. The van der Waals surface area contributed by atoms with Gasteiger partial charge in [0.05, 0.1) is 18.2 Å². The number of ether oxygens (including phenoxy) is 1. The van der Waals surface area contributed by atoms with Crippen molar-refractivity contribution in [3.05, 3.63) is 64.7 Å². The lowest BCUT2D eigenvalue weighted by molar-refractivity contribution is -0.139. The summed E-state index contributed by atoms with van der Waals surface area (Å²) in [6.07, 6.45) is 1.58. The van der Waals surface area contributed by atoms with Crippen LogP contribution in [0, 0.1) is 6.92 Å². The van der Waals surface area contributed by atoms with Crippen LogP contribution in [-0.2, 0) is 9.59 Å². The zero-order valence-electron chi connectivity index (χ0n) is 17.5. The first kappa shape index (κ1) is 21.4. The number of nitrogens with zero attached hydrogens (tertiary/aromatic N) is 1. The predicted molar refractivity (Wildman–Crippen MR) is 114 cm³/mol. The number of aryl methyl sites for hydroxylation is 1. The summed E-state index contributed by atoms with van der Waals surface area (Å²) in [5.41, 5.74) is 1.87. The van der Waals surface area contributed by atoms with E-state index in [-0.39, 0.29) is 17.1 Å². The van der Waals surface area contributed by atoms with Crippen molar-refractivity contribution in [2.24, 2.45) is 0 Å². The lowest BCUT2D eigenvalue weighted by Crippen LogP contribution is -2.30. The van der Waals surface area contributed by atoms with E-state index in [1.165, 1.54) is 17.0 Å². The van der Waals surface area contributed by atoms with Crippen LogP contribution in [0.3, 0.4) is 0 Å². The molecule has 0 saturated carbocycles. The molecule has 3 rings (SSSR count). The summed E-state index contributed by atoms with van der Waals surface area (Å²) >= 11 is 0. The van der Waals surface area contributed by atoms with Crippen molar-refractivity contribution in [2.75, 3.05) is 13.2 Å². The van der Waals surface area contributed by atoms with E-state index in [0.717, 1.165) is 18.4 Å². The average Bonchev–Trinajstić information content (AvgIpc) is 2.98. The van der Waals surface area contributed by atoms with Gasteiger partial charge in [-0.05, 0) is 61.7 Å². The van der Waals surface area contributed by atoms with Gasteiger partial charge in [0.2, 0.25) is 0 Å². The summed E-state index contributed by atoms with van der Waals surface area (Å²) in [6, 6.07) is 10.8. The van der Waals surface area contributed by atoms with Crippen LogP contribution in [0.2, 0.25) is 0 Å². The Labute approximate surface area is 176 Å². The average molecular weight is 409 g/mol. The van der Waals surface area contributed by atoms with Crippen LogP contribution in [0.5, 0.6) is 11.5 Å². The van der Waals surface area contributed by atoms with Crippen LogP contribution < -0.4 is 4.74 Å². The van der Waals surface area contributed by atoms with Gasteiger partial charge < -0.3 is 19.8 Å². The second kappa shape index (κ2) is 9.03. The number of benzene rings is 2. The predicted octanol–water partition coefficient (Wildman–Crippen LogP) is 4.32. The zero-order valence-corrected chi connectivity index (χ0v) is 17.5. The molecule has 1 heterocycles. The fourth-order valence-electron chi connectivity index (χ4n) is 3.75. The number of hydrogen-bond acceptors (Lipinski definition) is 5. The van der Waals surface area contributed by atoms with E-state index < -0.39 is 17.7 Å². The van der Waals surface area contributed by atoms with Crippen molar-refractivity contribution < 1.29 is 24.5 Å². The highest BCUT2D eigenvalue weighted by Crippen LogP contribution is 2.40. The number of hydrogen-bond donors (Lipinski definition) is 2. The van der Waals surface area contributed by atoms with Gasteiger partial charge in [-0.3, -0.25) is 9.59 Å². The maximum atomic E-state index is 12.9. The van der Waals surface area contributed by atoms with Crippen LogP contribution in [0.1, 0.15) is 49.4 Å². The van der Waals surface area contributed by atoms with Gasteiger partial charge in [0.25, 0.3) is 11.7 Å². The van der Waals surface area contributed by atoms with E-state index >= 15 is 0 Å². The lowest BCUT2D eigenvalue weighted by atomic mass is 9.94. The Morgan fingerprint density at radius 3 is 2.53 bits per heavy atom. The number of likely N-dealkylation sites (tertiary alicyclic amines) is 1. The zero-order chi connectivity index (χ0) is 21.8. The van der Waals surface area contributed by atoms with Gasteiger partial charge in [0.15, 0.2) is 0 Å². The molecule has 0 aliphatic carbocycles. The molecule has 2 N–H and O–H groups in total. The molecule has 1 fully saturated rings. The number of phenols is 1. The van der Waals surface area contributed by atoms with E-state index in [9.17, 15) is 19.8 Å². The van der Waals surface area contributed by atoms with E-state index in [1.807, 2.05) is 20.8 Å². The second-order valence-corrected chi connectivity index (χ2v) is 7.35. The van der Waals surface area contributed by atoms with E-state index in [4.69, 9.17) is 4.74 Å². The number of phenolic OH excluding ortho intramolecular Hbond substituents is 1. The Balaban J connectivity index is 2.14. The van der Waals surface area contributed by atoms with Gasteiger partial charge in [-0.1, -0.05) is 25.5 Å². The van der Waals surface area contributed by atoms with Crippen molar-refractivity contribution >= 4 is 17.4 Å². The van der Waals surface area contributed by atoms with Gasteiger partial charge in [-0.2, -0.15) is 0 Å². The van der Waals surface area contributed by atoms with Crippen LogP contribution in [0.25, 0.3) is 5.76 Å². The van der Waals surface area contributed by atoms with Crippen molar-refractivity contribution in [2.45, 2.75) is 39.7 Å². The molecular formula is C24H27NO5. The van der Waals surface area contributed by atoms with E-state index in [1.54, 1.807) is 30.3 Å². The first-order valence-corrected chi connectivity index (χ1v) is 10.2. The second-order valence-electron chi connectivity index (χ2n) is 7.35. The standard InChI is InChI=1S/C24H27NO5/c1-4-6-12-25-21(16-8-7-9-18(26)14-16)20(23(28)24(25)29)22(27)17-10-11-19(30-5-2)15(3)13-17/h7-11,13-14,21,26-27H,4-6,12H2,1-3H3/b22-20-. The molecule has 0 aromatic heterocycles. The molecule has 1 saturated heterocycles. The van der Waals surface area contributed by atoms with Crippen LogP contribution in [0.15, 0.2) is 48.0 Å². The number of aromatic hydroxyl groups is 1. The molecule has 30 heavy (non-hydrogen) atoms. The van der Waals surface area contributed by atoms with Gasteiger partial charge >= 0.3 is 0 Å². The van der Waals surface area contributed by atoms with Crippen molar-refractivity contribution in [3.8, 4) is 11.5 Å². The highest BCUT2D eigenvalue weighted by molar-refractivity contribution is 6.46. The molecule has 1 unspecified atom stereocenters. The first-order chi connectivity index (χ1) is 14.4. The topological polar surface area (TPSA) is 87.1 Å². The minimum atomic E-state index is -0.754.